The molecule has 0 heterocycles. The van der Waals surface area contributed by atoms with E-state index in [9.17, 15) is 17.2 Å². The van der Waals surface area contributed by atoms with Crippen LogP contribution in [0.4, 0.5) is 8.78 Å². The SMILES string of the molecule is [N-]=[N+]=NS(=O)(=O)OC1CCC2(CC1)CC2(F)F. The fraction of sp³-hybridized carbons (Fsp3) is 1.00. The van der Waals surface area contributed by atoms with E-state index < -0.39 is 27.7 Å². The molecule has 0 bridgehead atoms. The van der Waals surface area contributed by atoms with Crippen molar-refractivity contribution in [2.75, 3.05) is 0 Å². The van der Waals surface area contributed by atoms with Crippen LogP contribution in [0.25, 0.3) is 10.4 Å². The summed E-state index contributed by atoms with van der Waals surface area (Å²) in [6.45, 7) is 0. The van der Waals surface area contributed by atoms with Crippen LogP contribution in [0, 0.1) is 5.41 Å². The van der Waals surface area contributed by atoms with Gasteiger partial charge < -0.3 is 0 Å². The number of alkyl halides is 2. The molecule has 0 aromatic rings. The third kappa shape index (κ3) is 2.36. The molecule has 2 aliphatic carbocycles. The summed E-state index contributed by atoms with van der Waals surface area (Å²) in [5.74, 6) is -2.61. The first-order valence-corrected chi connectivity index (χ1v) is 6.54. The molecule has 6 nitrogen and oxygen atoms in total. The minimum Gasteiger partial charge on any atom is -0.261 e. The van der Waals surface area contributed by atoms with Gasteiger partial charge in [0.05, 0.1) is 10.6 Å². The monoisotopic (exact) mass is 267 g/mol. The highest BCUT2D eigenvalue weighted by Gasteiger charge is 2.70. The lowest BCUT2D eigenvalue weighted by atomic mass is 9.84. The van der Waals surface area contributed by atoms with Crippen LogP contribution >= 0.6 is 0 Å². The molecule has 0 aromatic carbocycles. The van der Waals surface area contributed by atoms with Crippen LogP contribution in [-0.4, -0.2) is 20.4 Å². The third-order valence-corrected chi connectivity index (χ3v) is 4.28. The molecule has 0 amide bonds. The predicted molar refractivity (Wildman–Crippen MR) is 53.4 cm³/mol. The second-order valence-electron chi connectivity index (χ2n) is 4.56. The van der Waals surface area contributed by atoms with E-state index in [1.165, 1.54) is 0 Å². The highest BCUT2D eigenvalue weighted by Crippen LogP contribution is 2.67. The van der Waals surface area contributed by atoms with E-state index in [4.69, 9.17) is 5.53 Å². The zero-order valence-corrected chi connectivity index (χ0v) is 9.66. The molecule has 96 valence electrons. The summed E-state index contributed by atoms with van der Waals surface area (Å²) in [7, 11) is -4.26. The highest BCUT2D eigenvalue weighted by molar-refractivity contribution is 7.85. The van der Waals surface area contributed by atoms with Gasteiger partial charge >= 0.3 is 10.3 Å². The highest BCUT2D eigenvalue weighted by atomic mass is 32.2. The van der Waals surface area contributed by atoms with Gasteiger partial charge in [0.15, 0.2) is 0 Å². The molecule has 0 aromatic heterocycles. The second kappa shape index (κ2) is 3.79. The number of hydrogen-bond acceptors (Lipinski definition) is 3. The number of halogens is 2. The third-order valence-electron chi connectivity index (χ3n) is 3.50. The molecule has 2 aliphatic rings. The molecule has 0 aliphatic heterocycles. The Kier molecular flexibility index (Phi) is 2.80. The van der Waals surface area contributed by atoms with Crippen molar-refractivity contribution >= 4 is 10.3 Å². The van der Waals surface area contributed by atoms with Crippen molar-refractivity contribution in [2.45, 2.75) is 44.1 Å². The van der Waals surface area contributed by atoms with Crippen LogP contribution in [0.1, 0.15) is 32.1 Å². The summed E-state index contributed by atoms with van der Waals surface area (Å²) in [5.41, 5.74) is 7.06. The van der Waals surface area contributed by atoms with Gasteiger partial charge in [-0.05, 0) is 31.2 Å². The molecule has 2 fully saturated rings. The lowest BCUT2D eigenvalue weighted by Crippen LogP contribution is -2.27. The number of rotatable bonds is 3. The summed E-state index contributed by atoms with van der Waals surface area (Å²) in [5, 5.41) is 0. The van der Waals surface area contributed by atoms with Crippen molar-refractivity contribution < 1.29 is 21.4 Å². The Hall–Kier alpha value is -0.920. The smallest absolute Gasteiger partial charge is 0.261 e. The number of hydrogen-bond donors (Lipinski definition) is 0. The summed E-state index contributed by atoms with van der Waals surface area (Å²) >= 11 is 0. The molecular formula is C8H11F2N3O3S. The second-order valence-corrected chi connectivity index (χ2v) is 5.77. The Bertz CT molecular complexity index is 464. The molecule has 0 saturated heterocycles. The summed E-state index contributed by atoms with van der Waals surface area (Å²) in [6, 6.07) is 0. The van der Waals surface area contributed by atoms with Crippen molar-refractivity contribution in [2.24, 2.45) is 9.93 Å². The quantitative estimate of drug-likeness (QED) is 0.446. The Balaban J connectivity index is 1.91. The van der Waals surface area contributed by atoms with E-state index in [0.717, 1.165) is 0 Å². The van der Waals surface area contributed by atoms with Crippen molar-refractivity contribution in [3.05, 3.63) is 10.4 Å². The van der Waals surface area contributed by atoms with E-state index >= 15 is 0 Å². The average Bonchev–Trinajstić information content (AvgIpc) is 2.72. The lowest BCUT2D eigenvalue weighted by molar-refractivity contribution is 0.0278. The van der Waals surface area contributed by atoms with Crippen LogP contribution in [-0.2, 0) is 14.5 Å². The van der Waals surface area contributed by atoms with Crippen molar-refractivity contribution in [1.29, 1.82) is 0 Å². The normalized spacial score (nSPS) is 35.3. The first-order valence-electron chi connectivity index (χ1n) is 5.18. The minimum absolute atomic E-state index is 0.115. The maximum atomic E-state index is 13.0. The van der Waals surface area contributed by atoms with Gasteiger partial charge in [-0.15, -0.1) is 0 Å². The summed E-state index contributed by atoms with van der Waals surface area (Å²) in [4.78, 5) is 2.13. The fourth-order valence-corrected chi connectivity index (χ4v) is 3.06. The van der Waals surface area contributed by atoms with Crippen LogP contribution in [0.15, 0.2) is 4.52 Å². The molecule has 0 N–H and O–H groups in total. The molecule has 1 spiro atoms. The Morgan fingerprint density at radius 2 is 1.88 bits per heavy atom. The standard InChI is InChI=1S/C8H11F2N3O3S/c9-8(10)5-7(8)3-1-6(2-4-7)16-17(14,15)13-12-11/h6H,1-5H2. The summed E-state index contributed by atoms with van der Waals surface area (Å²) < 4.78 is 55.2. The van der Waals surface area contributed by atoms with Gasteiger partial charge in [-0.3, -0.25) is 4.18 Å². The molecule has 2 saturated carbocycles. The maximum Gasteiger partial charge on any atom is 0.358 e. The van der Waals surface area contributed by atoms with Crippen molar-refractivity contribution in [3.8, 4) is 0 Å². The maximum absolute atomic E-state index is 13.0. The Morgan fingerprint density at radius 1 is 1.35 bits per heavy atom. The zero-order valence-electron chi connectivity index (χ0n) is 8.84. The van der Waals surface area contributed by atoms with Crippen LogP contribution in [0.3, 0.4) is 0 Å². The van der Waals surface area contributed by atoms with Crippen LogP contribution in [0.5, 0.6) is 0 Å². The van der Waals surface area contributed by atoms with Crippen LogP contribution < -0.4 is 0 Å². The van der Waals surface area contributed by atoms with E-state index in [0.29, 0.717) is 0 Å². The first kappa shape index (κ1) is 12.5. The van der Waals surface area contributed by atoms with Gasteiger partial charge in [0.25, 0.3) is 5.92 Å². The molecule has 17 heavy (non-hydrogen) atoms. The van der Waals surface area contributed by atoms with E-state index in [1.807, 2.05) is 0 Å². The predicted octanol–water partition coefficient (Wildman–Crippen LogP) is 2.53. The Labute approximate surface area is 96.8 Å². The van der Waals surface area contributed by atoms with Gasteiger partial charge in [-0.25, -0.2) is 8.78 Å². The van der Waals surface area contributed by atoms with Crippen LogP contribution in [0.2, 0.25) is 0 Å². The average molecular weight is 267 g/mol. The zero-order chi connectivity index (χ0) is 12.7. The summed E-state index contributed by atoms with van der Waals surface area (Å²) in [6.07, 6.45) is 0.210. The topological polar surface area (TPSA) is 92.1 Å². The van der Waals surface area contributed by atoms with Gasteiger partial charge in [0.2, 0.25) is 0 Å². The largest absolute Gasteiger partial charge is 0.358 e. The van der Waals surface area contributed by atoms with Gasteiger partial charge in [-0.1, -0.05) is 0 Å². The van der Waals surface area contributed by atoms with Gasteiger partial charge in [0, 0.05) is 16.7 Å². The molecule has 0 unspecified atom stereocenters. The fourth-order valence-electron chi connectivity index (χ4n) is 2.40. The number of azide groups is 1. The molecule has 0 atom stereocenters. The Morgan fingerprint density at radius 3 is 2.29 bits per heavy atom. The van der Waals surface area contributed by atoms with E-state index in [-0.39, 0.29) is 32.1 Å². The first-order chi connectivity index (χ1) is 7.80. The molecule has 2 rings (SSSR count). The molecule has 9 heteroatoms. The van der Waals surface area contributed by atoms with Crippen molar-refractivity contribution in [3.63, 3.8) is 0 Å². The van der Waals surface area contributed by atoms with Gasteiger partial charge in [0.1, 0.15) is 0 Å². The number of nitrogens with zero attached hydrogens (tertiary/aromatic N) is 3. The van der Waals surface area contributed by atoms with Crippen molar-refractivity contribution in [1.82, 2.24) is 0 Å². The molecule has 0 radical (unpaired) electrons. The minimum atomic E-state index is -4.26. The lowest BCUT2D eigenvalue weighted by Gasteiger charge is -2.27. The molecular weight excluding hydrogens is 256 g/mol. The van der Waals surface area contributed by atoms with Gasteiger partial charge in [-0.2, -0.15) is 8.42 Å². The van der Waals surface area contributed by atoms with E-state index in [1.54, 1.807) is 0 Å². The van der Waals surface area contributed by atoms with E-state index in [2.05, 4.69) is 13.6 Å².